The third-order valence-electron chi connectivity index (χ3n) is 19.5. The predicted molar refractivity (Wildman–Crippen MR) is 419 cm³/mol. The van der Waals surface area contributed by atoms with E-state index in [1.165, 1.54) is 12.4 Å². The van der Waals surface area contributed by atoms with Gasteiger partial charge in [0, 0.05) is 61.8 Å². The van der Waals surface area contributed by atoms with E-state index in [4.69, 9.17) is 59.5 Å². The van der Waals surface area contributed by atoms with Crippen molar-refractivity contribution in [2.24, 2.45) is 5.73 Å². The van der Waals surface area contributed by atoms with Crippen LogP contribution in [0.1, 0.15) is 122 Å². The highest BCUT2D eigenvalue weighted by molar-refractivity contribution is 9.10. The number of ether oxygens (including phenoxy) is 4. The summed E-state index contributed by atoms with van der Waals surface area (Å²) in [5.74, 6) is 1.14. The number of hydrogen-bond acceptors (Lipinski definition) is 23. The summed E-state index contributed by atoms with van der Waals surface area (Å²) in [5, 5.41) is 57.3. The van der Waals surface area contributed by atoms with Gasteiger partial charge >= 0.3 is 0 Å². The van der Waals surface area contributed by atoms with E-state index in [9.17, 15) is 29.4 Å². The zero-order valence-corrected chi connectivity index (χ0v) is 63.3. The van der Waals surface area contributed by atoms with Gasteiger partial charge in [-0.2, -0.15) is 40.3 Å². The molecule has 13 heterocycles. The third kappa shape index (κ3) is 18.2. The number of aromatic nitrogens is 16. The van der Waals surface area contributed by atoms with Gasteiger partial charge < -0.3 is 56.0 Å². The number of halogens is 3. The van der Waals surface area contributed by atoms with Crippen molar-refractivity contribution in [2.45, 2.75) is 106 Å². The molecule has 5 aliphatic heterocycles. The van der Waals surface area contributed by atoms with E-state index in [2.05, 4.69) is 108 Å². The maximum atomic E-state index is 13.0. The van der Waals surface area contributed by atoms with Crippen LogP contribution in [0.2, 0.25) is 5.28 Å². The second-order valence-corrected chi connectivity index (χ2v) is 28.7. The zero-order valence-electron chi connectivity index (χ0n) is 59.3. The molecule has 4 saturated heterocycles. The lowest BCUT2D eigenvalue weighted by Gasteiger charge is -2.23. The second-order valence-electron chi connectivity index (χ2n) is 26.5. The van der Waals surface area contributed by atoms with Crippen LogP contribution in [0.3, 0.4) is 0 Å². The Balaban J connectivity index is 0.000000124. The van der Waals surface area contributed by atoms with Crippen LogP contribution in [-0.4, -0.2) is 167 Å². The molecule has 5 aliphatic rings. The first-order valence-corrected chi connectivity index (χ1v) is 37.8. The molecule has 36 heteroatoms. The molecule has 12 aromatic rings. The maximum absolute atomic E-state index is 13.0. The maximum Gasteiger partial charge on any atom is 0.266 e. The minimum Gasteiger partial charge on any atom is -0.394 e. The number of H-pyrrole nitrogens is 3. The van der Waals surface area contributed by atoms with E-state index in [0.717, 1.165) is 82.6 Å². The lowest BCUT2D eigenvalue weighted by atomic mass is 10.1. The van der Waals surface area contributed by atoms with Crippen molar-refractivity contribution in [3.8, 4) is 0 Å². The first-order chi connectivity index (χ1) is 53.6. The van der Waals surface area contributed by atoms with Crippen molar-refractivity contribution in [2.75, 3.05) is 88.6 Å². The highest BCUT2D eigenvalue weighted by atomic mass is 79.9. The molecule has 4 fully saturated rings. The first-order valence-electron chi connectivity index (χ1n) is 35.8. The predicted octanol–water partition coefficient (Wildman–Crippen LogP) is 9.77. The summed E-state index contributed by atoms with van der Waals surface area (Å²) in [5.41, 5.74) is 11.7. The van der Waals surface area contributed by atoms with Crippen molar-refractivity contribution in [3.63, 3.8) is 0 Å². The Morgan fingerprint density at radius 3 is 1.24 bits per heavy atom. The molecule has 4 unspecified atom stereocenters. The number of nitrogens with zero attached hydrogens (tertiary/aromatic N) is 15. The summed E-state index contributed by atoms with van der Waals surface area (Å²) in [4.78, 5) is 82.2. The van der Waals surface area contributed by atoms with Gasteiger partial charge in [-0.15, -0.1) is 0 Å². The van der Waals surface area contributed by atoms with E-state index in [0.29, 0.717) is 127 Å². The van der Waals surface area contributed by atoms with Crippen molar-refractivity contribution in [1.29, 1.82) is 0 Å². The molecule has 0 radical (unpaired) electrons. The van der Waals surface area contributed by atoms with Gasteiger partial charge in [0.25, 0.3) is 22.2 Å². The van der Waals surface area contributed by atoms with Gasteiger partial charge in [-0.05, 0) is 109 Å². The normalized spacial score (nSPS) is 17.0. The molecule has 11 N–H and O–H groups in total. The fourth-order valence-electron chi connectivity index (χ4n) is 13.5. The SMILES string of the molecule is NC(CO)c1ccc(Br)cc1.O=c1[nH]c(Cl)nc2c1cnn2C1CCOCC1.O=c1[nH]c(NC(CO)c2ccc(Br)cc2)nc2c1cnn2C1CCOCC1.[C-]#[N+]c1ccc(C(CO)Nc2nc3c(cnn3C3CCOCC3)c(=O)[nH]2)cc1.[C-]#[N+]c1ccc(C2Cn3c(nc4c(cnn4C4CCOCC4)c3=O)N2)cc1. The van der Waals surface area contributed by atoms with E-state index < -0.39 is 12.1 Å². The molecule has 0 aliphatic carbocycles. The van der Waals surface area contributed by atoms with Crippen molar-refractivity contribution in [3.05, 3.63) is 223 Å². The Labute approximate surface area is 649 Å². The Morgan fingerprint density at radius 2 is 0.845 bits per heavy atom. The number of benzene rings is 4. The number of rotatable bonds is 15. The fraction of sp³-hybridized carbons (Fsp3) is 0.378. The van der Waals surface area contributed by atoms with Crippen LogP contribution in [0, 0.1) is 13.1 Å². The van der Waals surface area contributed by atoms with Gasteiger partial charge in [0.05, 0.1) is 113 Å². The van der Waals surface area contributed by atoms with Gasteiger partial charge in [0.15, 0.2) is 34.0 Å². The molecular formula is C74H79Br2ClN22O11. The van der Waals surface area contributed by atoms with E-state index in [1.807, 2.05) is 70.0 Å². The summed E-state index contributed by atoms with van der Waals surface area (Å²) in [6.45, 7) is 19.8. The lowest BCUT2D eigenvalue weighted by molar-refractivity contribution is 0.0672. The molecule has 8 aromatic heterocycles. The summed E-state index contributed by atoms with van der Waals surface area (Å²) < 4.78 is 32.4. The summed E-state index contributed by atoms with van der Waals surface area (Å²) in [6.07, 6.45) is 13.1. The number of nitrogens with two attached hydrogens (primary N) is 1. The van der Waals surface area contributed by atoms with Gasteiger partial charge in [-0.3, -0.25) is 38.7 Å². The Hall–Kier alpha value is -10.4. The molecule has 0 bridgehead atoms. The number of aliphatic hydroxyl groups excluding tert-OH is 3. The molecule has 4 atom stereocenters. The molecule has 572 valence electrons. The minimum absolute atomic E-state index is 0.0123. The lowest BCUT2D eigenvalue weighted by Crippen LogP contribution is -2.22. The molecule has 33 nitrogen and oxygen atoms in total. The van der Waals surface area contributed by atoms with Crippen LogP contribution in [0.4, 0.5) is 29.2 Å². The number of hydrogen-bond donors (Lipinski definition) is 10. The summed E-state index contributed by atoms with van der Waals surface area (Å²) in [6, 6.07) is 29.1. The largest absolute Gasteiger partial charge is 0.394 e. The number of anilines is 3. The highest BCUT2D eigenvalue weighted by Gasteiger charge is 2.30. The smallest absolute Gasteiger partial charge is 0.266 e. The van der Waals surface area contributed by atoms with E-state index in [1.54, 1.807) is 62.7 Å². The topological polar surface area (TPSA) is 412 Å². The van der Waals surface area contributed by atoms with Gasteiger partial charge in [-0.1, -0.05) is 105 Å². The number of aliphatic hydroxyl groups is 3. The van der Waals surface area contributed by atoms with Gasteiger partial charge in [-0.25, -0.2) is 28.4 Å². The quantitative estimate of drug-likeness (QED) is 0.0337. The number of fused-ring (bicyclic) bond motifs is 5. The molecule has 0 amide bonds. The van der Waals surface area contributed by atoms with Crippen LogP contribution >= 0.6 is 43.5 Å². The van der Waals surface area contributed by atoms with Crippen molar-refractivity contribution in [1.82, 2.24) is 78.6 Å². The highest BCUT2D eigenvalue weighted by Crippen LogP contribution is 2.33. The Morgan fingerprint density at radius 1 is 0.491 bits per heavy atom. The number of nitrogens with one attached hydrogen (secondary N) is 6. The molecular weight excluding hydrogens is 1570 g/mol. The average molecular weight is 1650 g/mol. The summed E-state index contributed by atoms with van der Waals surface area (Å²) >= 11 is 12.5. The number of aromatic amines is 3. The van der Waals surface area contributed by atoms with Crippen LogP contribution in [0.25, 0.3) is 53.8 Å². The molecule has 110 heavy (non-hydrogen) atoms. The van der Waals surface area contributed by atoms with Crippen molar-refractivity contribution >= 4 is 117 Å². The zero-order chi connectivity index (χ0) is 76.8. The summed E-state index contributed by atoms with van der Waals surface area (Å²) in [7, 11) is 0. The minimum atomic E-state index is -0.472. The van der Waals surface area contributed by atoms with Crippen LogP contribution < -0.4 is 43.9 Å². The van der Waals surface area contributed by atoms with E-state index >= 15 is 0 Å². The third-order valence-corrected chi connectivity index (χ3v) is 20.7. The molecule has 17 rings (SSSR count). The standard InChI is InChI=1S/C19H20N6O3.C19H18N6O2.C18H20BrN5O3.C10H11ClN4O2.C8H10BrNO/c1-20-13-4-2-12(3-5-13)16(11-26)22-19-23-17-15(18(27)24-19)10-21-25(17)14-6-8-28-9-7-14;1-20-13-4-2-12(3-5-13)16-11-24-18(26)15-10-21-25(14-6-8-27-9-7-14)17(15)23-19(24)22-16;19-12-3-1-11(2-4-12)15(10-25)21-18-22-16-14(17(26)23-18)9-20-24(16)13-5-7-27-8-6-13;11-10-13-8-7(9(16)14-10)5-12-15(8)6-1-3-17-4-2-6;9-7-3-1-6(2-4-7)8(10)5-11/h2-5,10,14,16,26H,6-9,11H2,(H2,22,23,24,27);2-5,10,14,16H,6-9,11H2,(H,22,23);1-4,9,13,15,25H,5-8,10H2,(H2,21,22,23,26);5-6H,1-4H2,(H,13,14,16);1-4,8,11H,5,10H2. The van der Waals surface area contributed by atoms with Crippen LogP contribution in [0.5, 0.6) is 0 Å². The van der Waals surface area contributed by atoms with Gasteiger partial charge in [0.1, 0.15) is 21.5 Å². The Bertz CT molecular complexity index is 5460. The molecule has 4 aromatic carbocycles. The molecule has 0 saturated carbocycles. The van der Waals surface area contributed by atoms with E-state index in [-0.39, 0.29) is 89.5 Å². The van der Waals surface area contributed by atoms with Crippen molar-refractivity contribution < 1.29 is 34.3 Å². The van der Waals surface area contributed by atoms with Gasteiger partial charge in [0.2, 0.25) is 23.1 Å². The van der Waals surface area contributed by atoms with Crippen LogP contribution in [0.15, 0.2) is 150 Å². The molecule has 0 spiro atoms. The monoisotopic (exact) mass is 1640 g/mol. The first kappa shape index (κ1) is 77.7. The Kier molecular flexibility index (Phi) is 25.7. The fourth-order valence-corrected chi connectivity index (χ4v) is 14.1. The average Bonchev–Trinajstić information content (AvgIpc) is 1.60. The second kappa shape index (κ2) is 36.4. The van der Waals surface area contributed by atoms with Crippen LogP contribution in [-0.2, 0) is 25.5 Å².